The Morgan fingerprint density at radius 2 is 2.00 bits per heavy atom. The number of hydrogen-bond donors (Lipinski definition) is 2. The maximum atomic E-state index is 12.2. The third-order valence-electron chi connectivity index (χ3n) is 3.11. The number of methoxy groups -OCH3 is 1. The molecule has 2 aromatic carbocycles. The van der Waals surface area contributed by atoms with Gasteiger partial charge in [0.15, 0.2) is 5.82 Å². The molecule has 21 heavy (non-hydrogen) atoms. The molecule has 2 N–H and O–H groups in total. The normalized spacial score (nSPS) is 10.6. The Hall–Kier alpha value is -2.34. The van der Waals surface area contributed by atoms with Crippen molar-refractivity contribution in [3.05, 3.63) is 52.5 Å². The highest BCUT2D eigenvalue weighted by molar-refractivity contribution is 9.10. The molecule has 1 amide bonds. The number of amides is 1. The molecular weight excluding hydrogens is 334 g/mol. The molecule has 0 atom stereocenters. The van der Waals surface area contributed by atoms with Gasteiger partial charge >= 0.3 is 0 Å². The molecule has 0 saturated carbocycles. The van der Waals surface area contributed by atoms with Crippen LogP contribution in [0.5, 0.6) is 5.75 Å². The molecule has 0 bridgehead atoms. The Balaban J connectivity index is 1.90. The number of halogens is 1. The first-order valence-electron chi connectivity index (χ1n) is 6.26. The van der Waals surface area contributed by atoms with E-state index in [2.05, 4.69) is 31.4 Å². The predicted octanol–water partition coefficient (Wildman–Crippen LogP) is 3.59. The van der Waals surface area contributed by atoms with E-state index in [-0.39, 0.29) is 5.91 Å². The molecular formula is C15H12BrN3O2. The molecule has 1 heterocycles. The van der Waals surface area contributed by atoms with Gasteiger partial charge in [-0.3, -0.25) is 9.89 Å². The zero-order valence-corrected chi connectivity index (χ0v) is 12.8. The highest BCUT2D eigenvalue weighted by Gasteiger charge is 2.11. The minimum absolute atomic E-state index is 0.210. The maximum absolute atomic E-state index is 12.2. The molecule has 0 fully saturated rings. The first-order chi connectivity index (χ1) is 10.2. The lowest BCUT2D eigenvalue weighted by molar-refractivity contribution is 0.102. The van der Waals surface area contributed by atoms with Gasteiger partial charge in [-0.2, -0.15) is 5.10 Å². The minimum atomic E-state index is -0.210. The van der Waals surface area contributed by atoms with Gasteiger partial charge in [-0.05, 0) is 42.5 Å². The van der Waals surface area contributed by atoms with Crippen molar-refractivity contribution in [1.82, 2.24) is 10.2 Å². The van der Waals surface area contributed by atoms with Crippen molar-refractivity contribution in [3.8, 4) is 5.75 Å². The van der Waals surface area contributed by atoms with E-state index >= 15 is 0 Å². The van der Waals surface area contributed by atoms with Gasteiger partial charge in [-0.1, -0.05) is 15.9 Å². The quantitative estimate of drug-likeness (QED) is 0.762. The second-order valence-corrected chi connectivity index (χ2v) is 5.36. The lowest BCUT2D eigenvalue weighted by Crippen LogP contribution is -2.12. The van der Waals surface area contributed by atoms with Crippen LogP contribution in [0.2, 0.25) is 0 Å². The molecule has 5 nitrogen and oxygen atoms in total. The summed E-state index contributed by atoms with van der Waals surface area (Å²) in [6.45, 7) is 0. The van der Waals surface area contributed by atoms with E-state index in [4.69, 9.17) is 4.74 Å². The number of H-pyrrole nitrogens is 1. The summed E-state index contributed by atoms with van der Waals surface area (Å²) >= 11 is 3.34. The molecule has 0 spiro atoms. The lowest BCUT2D eigenvalue weighted by atomic mass is 10.2. The Labute approximate surface area is 129 Å². The average molecular weight is 346 g/mol. The van der Waals surface area contributed by atoms with Gasteiger partial charge in [-0.25, -0.2) is 0 Å². The van der Waals surface area contributed by atoms with Crippen molar-refractivity contribution in [2.75, 3.05) is 12.4 Å². The summed E-state index contributed by atoms with van der Waals surface area (Å²) in [5, 5.41) is 10.6. The van der Waals surface area contributed by atoms with E-state index in [1.54, 1.807) is 19.2 Å². The average Bonchev–Trinajstić information content (AvgIpc) is 2.90. The van der Waals surface area contributed by atoms with E-state index in [0.29, 0.717) is 17.1 Å². The van der Waals surface area contributed by atoms with Gasteiger partial charge < -0.3 is 10.1 Å². The standard InChI is InChI=1S/C15H12BrN3O2/c1-21-11-6-7-13-12(8-11)14(19-18-13)17-15(20)9-2-4-10(16)5-3-9/h2-8H,1H3,(H2,17,18,19,20). The Kier molecular flexibility index (Phi) is 3.62. The van der Waals surface area contributed by atoms with Gasteiger partial charge in [0.2, 0.25) is 0 Å². The van der Waals surface area contributed by atoms with Crippen LogP contribution in [-0.4, -0.2) is 23.2 Å². The minimum Gasteiger partial charge on any atom is -0.497 e. The predicted molar refractivity (Wildman–Crippen MR) is 84.7 cm³/mol. The first-order valence-corrected chi connectivity index (χ1v) is 7.06. The molecule has 0 aliphatic heterocycles. The molecule has 0 unspecified atom stereocenters. The fourth-order valence-corrected chi connectivity index (χ4v) is 2.26. The van der Waals surface area contributed by atoms with Crippen LogP contribution in [0.1, 0.15) is 10.4 Å². The fourth-order valence-electron chi connectivity index (χ4n) is 2.00. The van der Waals surface area contributed by atoms with Gasteiger partial charge in [0.25, 0.3) is 5.91 Å². The Morgan fingerprint density at radius 1 is 1.24 bits per heavy atom. The van der Waals surface area contributed by atoms with Crippen LogP contribution in [0.3, 0.4) is 0 Å². The monoisotopic (exact) mass is 345 g/mol. The zero-order valence-electron chi connectivity index (χ0n) is 11.2. The Morgan fingerprint density at radius 3 is 2.71 bits per heavy atom. The number of anilines is 1. The number of aromatic amines is 1. The lowest BCUT2D eigenvalue weighted by Gasteiger charge is -2.04. The van der Waals surface area contributed by atoms with Gasteiger partial charge in [0.1, 0.15) is 5.75 Å². The summed E-state index contributed by atoms with van der Waals surface area (Å²) < 4.78 is 6.11. The zero-order chi connectivity index (χ0) is 14.8. The molecule has 1 aromatic heterocycles. The summed E-state index contributed by atoms with van der Waals surface area (Å²) in [7, 11) is 1.60. The number of carbonyl (C=O) groups excluding carboxylic acids is 1. The summed E-state index contributed by atoms with van der Waals surface area (Å²) in [6, 6.07) is 12.7. The van der Waals surface area contributed by atoms with E-state index in [1.807, 2.05) is 30.3 Å². The third-order valence-corrected chi connectivity index (χ3v) is 3.64. The highest BCUT2D eigenvalue weighted by atomic mass is 79.9. The van der Waals surface area contributed by atoms with Crippen LogP contribution in [0.4, 0.5) is 5.82 Å². The number of nitrogens with zero attached hydrogens (tertiary/aromatic N) is 1. The van der Waals surface area contributed by atoms with Crippen LogP contribution in [-0.2, 0) is 0 Å². The van der Waals surface area contributed by atoms with Gasteiger partial charge in [0.05, 0.1) is 12.6 Å². The van der Waals surface area contributed by atoms with E-state index in [0.717, 1.165) is 15.4 Å². The van der Waals surface area contributed by atoms with Crippen molar-refractivity contribution < 1.29 is 9.53 Å². The SMILES string of the molecule is COc1ccc2[nH]nc(NC(=O)c3ccc(Br)cc3)c2c1. The van der Waals surface area contributed by atoms with Crippen molar-refractivity contribution in [3.63, 3.8) is 0 Å². The summed E-state index contributed by atoms with van der Waals surface area (Å²) in [4.78, 5) is 12.2. The number of rotatable bonds is 3. The van der Waals surface area contributed by atoms with Crippen LogP contribution < -0.4 is 10.1 Å². The number of ether oxygens (including phenoxy) is 1. The second-order valence-electron chi connectivity index (χ2n) is 4.44. The number of fused-ring (bicyclic) bond motifs is 1. The molecule has 0 aliphatic carbocycles. The van der Waals surface area contributed by atoms with Gasteiger partial charge in [-0.15, -0.1) is 0 Å². The van der Waals surface area contributed by atoms with E-state index < -0.39 is 0 Å². The molecule has 0 radical (unpaired) electrons. The highest BCUT2D eigenvalue weighted by Crippen LogP contribution is 2.25. The first kappa shape index (κ1) is 13.6. The van der Waals surface area contributed by atoms with Crippen molar-refractivity contribution in [2.45, 2.75) is 0 Å². The molecule has 106 valence electrons. The maximum Gasteiger partial charge on any atom is 0.256 e. The Bertz CT molecular complexity index is 796. The summed E-state index contributed by atoms with van der Waals surface area (Å²) in [6.07, 6.45) is 0. The van der Waals surface area contributed by atoms with Crippen molar-refractivity contribution >= 4 is 38.6 Å². The molecule has 0 saturated heterocycles. The van der Waals surface area contributed by atoms with Crippen molar-refractivity contribution in [2.24, 2.45) is 0 Å². The fraction of sp³-hybridized carbons (Fsp3) is 0.0667. The van der Waals surface area contributed by atoms with E-state index in [9.17, 15) is 4.79 Å². The van der Waals surface area contributed by atoms with Crippen LogP contribution in [0.15, 0.2) is 46.9 Å². The number of benzene rings is 2. The van der Waals surface area contributed by atoms with Crippen LogP contribution in [0.25, 0.3) is 10.9 Å². The topological polar surface area (TPSA) is 67.0 Å². The number of nitrogens with one attached hydrogen (secondary N) is 2. The van der Waals surface area contributed by atoms with E-state index in [1.165, 1.54) is 0 Å². The van der Waals surface area contributed by atoms with Gasteiger partial charge in [0, 0.05) is 15.4 Å². The molecule has 3 rings (SSSR count). The number of hydrogen-bond acceptors (Lipinski definition) is 3. The number of aromatic nitrogens is 2. The smallest absolute Gasteiger partial charge is 0.256 e. The van der Waals surface area contributed by atoms with Crippen LogP contribution >= 0.6 is 15.9 Å². The molecule has 6 heteroatoms. The molecule has 3 aromatic rings. The third kappa shape index (κ3) is 2.75. The number of carbonyl (C=O) groups is 1. The van der Waals surface area contributed by atoms with Crippen molar-refractivity contribution in [1.29, 1.82) is 0 Å². The largest absolute Gasteiger partial charge is 0.497 e. The molecule has 0 aliphatic rings. The van der Waals surface area contributed by atoms with Crippen LogP contribution in [0, 0.1) is 0 Å². The second kappa shape index (κ2) is 5.57. The summed E-state index contributed by atoms with van der Waals surface area (Å²) in [5.41, 5.74) is 1.40. The summed E-state index contributed by atoms with van der Waals surface area (Å²) in [5.74, 6) is 0.985.